The first kappa shape index (κ1) is 31.2. The Morgan fingerprint density at radius 3 is 2.41 bits per heavy atom. The fraction of sp³-hybridized carbons (Fsp3) is 0.321. The van der Waals surface area contributed by atoms with Gasteiger partial charge in [0, 0.05) is 24.2 Å². The maximum absolute atomic E-state index is 13.9. The van der Waals surface area contributed by atoms with Gasteiger partial charge in [0.05, 0.1) is 20.8 Å². The molecule has 2 heterocycles. The zero-order valence-corrected chi connectivity index (χ0v) is 24.8. The van der Waals surface area contributed by atoms with Crippen molar-refractivity contribution in [3.05, 3.63) is 66.7 Å². The number of pyridine rings is 1. The average Bonchev–Trinajstić information content (AvgIpc) is 3.35. The first-order valence-corrected chi connectivity index (χ1v) is 14.1. The van der Waals surface area contributed by atoms with Gasteiger partial charge >= 0.3 is 0 Å². The van der Waals surface area contributed by atoms with Gasteiger partial charge < -0.3 is 14.2 Å². The molecule has 3 aromatic rings. The molecule has 3 rings (SSSR count). The lowest BCUT2D eigenvalue weighted by molar-refractivity contribution is 0.121. The van der Waals surface area contributed by atoms with Crippen molar-refractivity contribution in [1.29, 1.82) is 0 Å². The van der Waals surface area contributed by atoms with E-state index in [1.807, 2.05) is 26.8 Å². The third-order valence-electron chi connectivity index (χ3n) is 5.84. The van der Waals surface area contributed by atoms with E-state index < -0.39 is 21.4 Å². The summed E-state index contributed by atoms with van der Waals surface area (Å²) in [5, 5.41) is 7.35. The molecule has 0 spiro atoms. The zero-order chi connectivity index (χ0) is 30.2. The van der Waals surface area contributed by atoms with Crippen LogP contribution in [-0.4, -0.2) is 72.9 Å². The Hall–Kier alpha value is -4.36. The van der Waals surface area contributed by atoms with Crippen LogP contribution in [0.3, 0.4) is 0 Å². The van der Waals surface area contributed by atoms with Gasteiger partial charge in [0.25, 0.3) is 0 Å². The topological polar surface area (TPSA) is 142 Å². The van der Waals surface area contributed by atoms with E-state index >= 15 is 0 Å². The van der Waals surface area contributed by atoms with Crippen molar-refractivity contribution in [2.45, 2.75) is 39.0 Å². The number of aliphatic imine (C=N–C) groups is 2. The fourth-order valence-electron chi connectivity index (χ4n) is 3.85. The molecule has 0 unspecified atom stereocenters. The molecule has 0 saturated heterocycles. The number of nitrogens with zero attached hydrogens (tertiary/aromatic N) is 6. The number of nitrogens with one attached hydrogen (secondary N) is 1. The molecule has 0 amide bonds. The summed E-state index contributed by atoms with van der Waals surface area (Å²) in [6.07, 6.45) is 5.31. The summed E-state index contributed by atoms with van der Waals surface area (Å²) in [6.45, 7) is 14.4. The normalized spacial score (nSPS) is 13.2. The Morgan fingerprint density at radius 1 is 1.17 bits per heavy atom. The Balaban J connectivity index is 2.20. The number of hydrogen-bond donors (Lipinski definition) is 1. The van der Waals surface area contributed by atoms with Crippen molar-refractivity contribution in [2.75, 3.05) is 25.5 Å². The highest BCUT2D eigenvalue weighted by atomic mass is 32.2. The number of benzene rings is 1. The number of para-hydroxylation sites is 1. The van der Waals surface area contributed by atoms with Gasteiger partial charge in [-0.25, -0.2) is 18.4 Å². The molecular weight excluding hydrogens is 546 g/mol. The van der Waals surface area contributed by atoms with E-state index in [1.165, 1.54) is 31.8 Å². The molecule has 0 fully saturated rings. The Bertz CT molecular complexity index is 1540. The summed E-state index contributed by atoms with van der Waals surface area (Å²) < 4.78 is 48.8. The molecule has 41 heavy (non-hydrogen) atoms. The SMILES string of the molecule is C=CCO[C@@H](C(N=C)=NC=C(C)C)[C@H](C)S(=O)(=O)Nc1nnc(-c2cncc(C)c2)n1-c1c(OC)cccc1OC. The second-order valence-electron chi connectivity index (χ2n) is 9.19. The molecule has 2 atom stereocenters. The number of methoxy groups -OCH3 is 2. The summed E-state index contributed by atoms with van der Waals surface area (Å²) in [4.78, 5) is 12.5. The maximum atomic E-state index is 13.9. The summed E-state index contributed by atoms with van der Waals surface area (Å²) in [5.74, 6) is 1.11. The van der Waals surface area contributed by atoms with Crippen molar-refractivity contribution in [1.82, 2.24) is 19.7 Å². The minimum atomic E-state index is -4.20. The van der Waals surface area contributed by atoms with Crippen LogP contribution in [0.1, 0.15) is 26.3 Å². The summed E-state index contributed by atoms with van der Waals surface area (Å²) in [5.41, 5.74) is 2.76. The lowest BCUT2D eigenvalue weighted by atomic mass is 10.2. The second kappa shape index (κ2) is 13.8. The minimum Gasteiger partial charge on any atom is -0.494 e. The van der Waals surface area contributed by atoms with E-state index in [-0.39, 0.29) is 18.4 Å². The van der Waals surface area contributed by atoms with Crippen molar-refractivity contribution in [3.63, 3.8) is 0 Å². The first-order valence-electron chi connectivity index (χ1n) is 12.6. The van der Waals surface area contributed by atoms with Crippen molar-refractivity contribution >= 4 is 28.5 Å². The fourth-order valence-corrected chi connectivity index (χ4v) is 4.95. The highest BCUT2D eigenvalue weighted by Gasteiger charge is 2.36. The molecule has 0 aliphatic rings. The molecule has 0 aliphatic carbocycles. The minimum absolute atomic E-state index is 0.0625. The number of aryl methyl sites for hydroxylation is 1. The number of hydrogen-bond acceptors (Lipinski definition) is 9. The van der Waals surface area contributed by atoms with Crippen molar-refractivity contribution in [3.8, 4) is 28.6 Å². The molecule has 0 saturated carbocycles. The van der Waals surface area contributed by atoms with Crippen LogP contribution < -0.4 is 14.2 Å². The van der Waals surface area contributed by atoms with Crippen LogP contribution in [0.2, 0.25) is 0 Å². The zero-order valence-electron chi connectivity index (χ0n) is 24.0. The molecule has 0 aliphatic heterocycles. The molecule has 0 bridgehead atoms. The van der Waals surface area contributed by atoms with Gasteiger partial charge in [-0.15, -0.1) is 16.8 Å². The van der Waals surface area contributed by atoms with Gasteiger partial charge in [0.15, 0.2) is 11.7 Å². The third-order valence-corrected chi connectivity index (χ3v) is 7.53. The summed E-state index contributed by atoms with van der Waals surface area (Å²) in [6, 6.07) is 7.05. The molecule has 0 radical (unpaired) electrons. The molecule has 2 aromatic heterocycles. The number of sulfonamides is 1. The molecular formula is C28H35N7O5S. The highest BCUT2D eigenvalue weighted by Crippen LogP contribution is 2.38. The molecule has 1 aromatic carbocycles. The predicted octanol–water partition coefficient (Wildman–Crippen LogP) is 4.38. The Kier molecular flexibility index (Phi) is 10.5. The largest absolute Gasteiger partial charge is 0.494 e. The van der Waals surface area contributed by atoms with E-state index in [9.17, 15) is 8.42 Å². The molecule has 218 valence electrons. The van der Waals surface area contributed by atoms with Crippen molar-refractivity contribution < 1.29 is 22.6 Å². The number of rotatable bonds is 13. The molecule has 1 N–H and O–H groups in total. The van der Waals surface area contributed by atoms with Gasteiger partial charge in [-0.2, -0.15) is 0 Å². The number of allylic oxidation sites excluding steroid dienone is 1. The summed E-state index contributed by atoms with van der Waals surface area (Å²) in [7, 11) is -1.20. The number of aromatic nitrogens is 4. The Morgan fingerprint density at radius 2 is 1.85 bits per heavy atom. The second-order valence-corrected chi connectivity index (χ2v) is 11.2. The lowest BCUT2D eigenvalue weighted by Gasteiger charge is -2.24. The first-order chi connectivity index (χ1) is 19.6. The smallest absolute Gasteiger partial charge is 0.243 e. The third kappa shape index (κ3) is 7.24. The van der Waals surface area contributed by atoms with Crippen LogP contribution in [0.15, 0.2) is 71.1 Å². The standard InChI is InChI=1S/C28H35N7O5S/c1-9-13-40-25(26(29-6)31-15-18(2)3)20(5)41(36,37)34-28-33-32-27(21-14-19(4)16-30-17-21)35(28)24-22(38-7)11-10-12-23(24)39-8/h9-12,14-17,20,25H,1,6,13H2,2-5,7-8H3,(H,33,34)/t20-,25+/m0/s1. The van der Waals surface area contributed by atoms with Crippen LogP contribution in [0, 0.1) is 6.92 Å². The van der Waals surface area contributed by atoms with Crippen LogP contribution in [-0.2, 0) is 14.8 Å². The van der Waals surface area contributed by atoms with Crippen LogP contribution in [0.25, 0.3) is 17.1 Å². The average molecular weight is 582 g/mol. The van der Waals surface area contributed by atoms with Gasteiger partial charge in [-0.3, -0.25) is 14.3 Å². The monoisotopic (exact) mass is 581 g/mol. The quantitative estimate of drug-likeness (QED) is 0.178. The number of anilines is 1. The van der Waals surface area contributed by atoms with E-state index in [2.05, 4.69) is 43.2 Å². The van der Waals surface area contributed by atoms with E-state index in [0.717, 1.165) is 11.1 Å². The van der Waals surface area contributed by atoms with Gasteiger partial charge in [0.2, 0.25) is 16.0 Å². The molecule has 12 nitrogen and oxygen atoms in total. The van der Waals surface area contributed by atoms with Crippen LogP contribution in [0.5, 0.6) is 11.5 Å². The van der Waals surface area contributed by atoms with E-state index in [4.69, 9.17) is 14.2 Å². The van der Waals surface area contributed by atoms with E-state index in [0.29, 0.717) is 28.6 Å². The Labute approximate surface area is 240 Å². The van der Waals surface area contributed by atoms with Crippen LogP contribution >= 0.6 is 0 Å². The maximum Gasteiger partial charge on any atom is 0.243 e. The van der Waals surface area contributed by atoms with E-state index in [1.54, 1.807) is 36.8 Å². The van der Waals surface area contributed by atoms with Crippen molar-refractivity contribution in [2.24, 2.45) is 9.98 Å². The molecule has 13 heteroatoms. The summed E-state index contributed by atoms with van der Waals surface area (Å²) >= 11 is 0. The van der Waals surface area contributed by atoms with Crippen LogP contribution in [0.4, 0.5) is 5.95 Å². The highest BCUT2D eigenvalue weighted by molar-refractivity contribution is 7.93. The number of ether oxygens (including phenoxy) is 3. The predicted molar refractivity (Wildman–Crippen MR) is 161 cm³/mol. The van der Waals surface area contributed by atoms with Gasteiger partial charge in [0.1, 0.15) is 28.5 Å². The van der Waals surface area contributed by atoms with Gasteiger partial charge in [-0.05, 0) is 58.2 Å². The number of amidine groups is 1. The lowest BCUT2D eigenvalue weighted by Crippen LogP contribution is -2.42. The van der Waals surface area contributed by atoms with Gasteiger partial charge in [-0.1, -0.05) is 17.7 Å².